The van der Waals surface area contributed by atoms with Crippen molar-refractivity contribution in [2.75, 3.05) is 0 Å². The van der Waals surface area contributed by atoms with Crippen molar-refractivity contribution in [1.29, 1.82) is 0 Å². The Labute approximate surface area is 147 Å². The lowest BCUT2D eigenvalue weighted by atomic mass is 10.1. The largest absolute Gasteiger partial charge is 0.272 e. The van der Waals surface area contributed by atoms with Crippen molar-refractivity contribution in [2.45, 2.75) is 19.8 Å². The first kappa shape index (κ1) is 16.9. The first-order chi connectivity index (χ1) is 10.6. The van der Waals surface area contributed by atoms with Gasteiger partial charge in [-0.2, -0.15) is 5.10 Å². The fourth-order valence-electron chi connectivity index (χ4n) is 1.97. The fourth-order valence-corrected chi connectivity index (χ4v) is 2.70. The lowest BCUT2D eigenvalue weighted by Crippen LogP contribution is -2.20. The van der Waals surface area contributed by atoms with E-state index in [-0.39, 0.29) is 5.91 Å². The summed E-state index contributed by atoms with van der Waals surface area (Å²) in [7, 11) is 0. The van der Waals surface area contributed by atoms with Crippen LogP contribution in [0.1, 0.15) is 35.7 Å². The Kier molecular flexibility index (Phi) is 6.34. The molecule has 0 aliphatic heterocycles. The molecule has 114 valence electrons. The molecule has 0 unspecified atom stereocenters. The second kappa shape index (κ2) is 8.25. The van der Waals surface area contributed by atoms with E-state index >= 15 is 0 Å². The molecule has 3 nitrogen and oxygen atoms in total. The predicted molar refractivity (Wildman–Crippen MR) is 97.2 cm³/mol. The molecule has 0 fully saturated rings. The molecular formula is C17H16Br2N2O. The first-order valence-electron chi connectivity index (χ1n) is 6.99. The molecule has 0 radical (unpaired) electrons. The second-order valence-electron chi connectivity index (χ2n) is 4.74. The normalized spacial score (nSPS) is 11.3. The van der Waals surface area contributed by atoms with E-state index in [0.29, 0.717) is 5.56 Å². The van der Waals surface area contributed by atoms with Gasteiger partial charge in [-0.15, -0.1) is 0 Å². The summed E-state index contributed by atoms with van der Waals surface area (Å²) in [5.41, 5.74) is 5.09. The van der Waals surface area contributed by atoms with Crippen molar-refractivity contribution >= 4 is 43.5 Å². The molecule has 0 heterocycles. The van der Waals surface area contributed by atoms with Gasteiger partial charge in [0, 0.05) is 8.95 Å². The summed E-state index contributed by atoms with van der Waals surface area (Å²) in [5, 5.41) is 4.31. The molecule has 0 aromatic heterocycles. The maximum Gasteiger partial charge on any atom is 0.272 e. The summed E-state index contributed by atoms with van der Waals surface area (Å²) >= 11 is 6.79. The molecule has 0 aliphatic carbocycles. The monoisotopic (exact) mass is 422 g/mol. The molecule has 0 saturated heterocycles. The molecule has 2 rings (SSSR count). The molecule has 1 amide bonds. The topological polar surface area (TPSA) is 41.5 Å². The molecule has 0 saturated carbocycles. The highest BCUT2D eigenvalue weighted by molar-refractivity contribution is 9.10. The van der Waals surface area contributed by atoms with Gasteiger partial charge >= 0.3 is 0 Å². The van der Waals surface area contributed by atoms with Gasteiger partial charge in [-0.05, 0) is 52.2 Å². The maximum atomic E-state index is 12.2. The Morgan fingerprint density at radius 2 is 1.77 bits per heavy atom. The van der Waals surface area contributed by atoms with Crippen LogP contribution in [0.2, 0.25) is 0 Å². The van der Waals surface area contributed by atoms with Gasteiger partial charge in [0.05, 0.1) is 11.3 Å². The van der Waals surface area contributed by atoms with Gasteiger partial charge in [0.25, 0.3) is 5.91 Å². The number of amides is 1. The average Bonchev–Trinajstić information content (AvgIpc) is 2.52. The van der Waals surface area contributed by atoms with Crippen LogP contribution in [0.3, 0.4) is 0 Å². The number of hydrogen-bond acceptors (Lipinski definition) is 2. The first-order valence-corrected chi connectivity index (χ1v) is 8.57. The minimum absolute atomic E-state index is 0.224. The molecule has 0 aliphatic rings. The van der Waals surface area contributed by atoms with Crippen LogP contribution >= 0.6 is 31.9 Å². The Hall–Kier alpha value is -1.46. The molecule has 1 N–H and O–H groups in total. The number of carbonyl (C=O) groups excluding carboxylic acids is 1. The number of hydrazone groups is 1. The Bertz CT molecular complexity index is 681. The SMILES string of the molecule is CCC/C(=N\NC(=O)c1ccccc1Br)c1ccc(Br)cc1. The number of nitrogens with one attached hydrogen (secondary N) is 1. The highest BCUT2D eigenvalue weighted by Gasteiger charge is 2.09. The summed E-state index contributed by atoms with van der Waals surface area (Å²) in [6.07, 6.45) is 1.76. The zero-order valence-electron chi connectivity index (χ0n) is 12.1. The summed E-state index contributed by atoms with van der Waals surface area (Å²) in [4.78, 5) is 12.2. The third-order valence-electron chi connectivity index (χ3n) is 3.08. The van der Waals surface area contributed by atoms with Crippen molar-refractivity contribution < 1.29 is 4.79 Å². The van der Waals surface area contributed by atoms with E-state index in [9.17, 15) is 4.79 Å². The zero-order chi connectivity index (χ0) is 15.9. The van der Waals surface area contributed by atoms with Gasteiger partial charge in [0.2, 0.25) is 0 Å². The molecule has 0 bridgehead atoms. The van der Waals surface area contributed by atoms with Crippen molar-refractivity contribution in [3.8, 4) is 0 Å². The smallest absolute Gasteiger partial charge is 0.267 e. The zero-order valence-corrected chi connectivity index (χ0v) is 15.3. The van der Waals surface area contributed by atoms with Crippen LogP contribution in [0.4, 0.5) is 0 Å². The van der Waals surface area contributed by atoms with E-state index in [0.717, 1.165) is 33.1 Å². The Morgan fingerprint density at radius 1 is 1.09 bits per heavy atom. The third kappa shape index (κ3) is 4.52. The summed E-state index contributed by atoms with van der Waals surface area (Å²) in [5.74, 6) is -0.224. The van der Waals surface area contributed by atoms with E-state index in [1.54, 1.807) is 6.07 Å². The van der Waals surface area contributed by atoms with Crippen molar-refractivity contribution in [2.24, 2.45) is 5.10 Å². The van der Waals surface area contributed by atoms with Gasteiger partial charge in [-0.1, -0.05) is 53.5 Å². The summed E-state index contributed by atoms with van der Waals surface area (Å²) in [6, 6.07) is 15.2. The summed E-state index contributed by atoms with van der Waals surface area (Å²) in [6.45, 7) is 2.09. The minimum atomic E-state index is -0.224. The van der Waals surface area contributed by atoms with Crippen LogP contribution in [0.25, 0.3) is 0 Å². The van der Waals surface area contributed by atoms with Gasteiger partial charge in [0.1, 0.15) is 0 Å². The molecule has 5 heteroatoms. The number of rotatable bonds is 5. The summed E-state index contributed by atoms with van der Waals surface area (Å²) < 4.78 is 1.77. The standard InChI is InChI=1S/C17H16Br2N2O/c1-2-5-16(12-8-10-13(18)11-9-12)20-21-17(22)14-6-3-4-7-15(14)19/h3-4,6-11H,2,5H2,1H3,(H,21,22)/b20-16+. The number of carbonyl (C=O) groups is 1. The van der Waals surface area contributed by atoms with E-state index in [4.69, 9.17) is 0 Å². The molecular weight excluding hydrogens is 408 g/mol. The number of nitrogens with zero attached hydrogens (tertiary/aromatic N) is 1. The highest BCUT2D eigenvalue weighted by atomic mass is 79.9. The van der Waals surface area contributed by atoms with Crippen LogP contribution in [0.15, 0.2) is 62.6 Å². The van der Waals surface area contributed by atoms with Gasteiger partial charge in [-0.3, -0.25) is 4.79 Å². The predicted octanol–water partition coefficient (Wildman–Crippen LogP) is 5.15. The Balaban J connectivity index is 2.18. The van der Waals surface area contributed by atoms with Crippen LogP contribution in [-0.2, 0) is 0 Å². The minimum Gasteiger partial charge on any atom is -0.267 e. The molecule has 0 spiro atoms. The van der Waals surface area contributed by atoms with E-state index in [1.807, 2.05) is 42.5 Å². The van der Waals surface area contributed by atoms with Gasteiger partial charge in [-0.25, -0.2) is 5.43 Å². The van der Waals surface area contributed by atoms with E-state index in [2.05, 4.69) is 49.3 Å². The third-order valence-corrected chi connectivity index (χ3v) is 4.30. The van der Waals surface area contributed by atoms with Crippen molar-refractivity contribution in [3.05, 3.63) is 68.6 Å². The van der Waals surface area contributed by atoms with E-state index in [1.165, 1.54) is 0 Å². The molecule has 0 atom stereocenters. The molecule has 22 heavy (non-hydrogen) atoms. The van der Waals surface area contributed by atoms with Crippen molar-refractivity contribution in [3.63, 3.8) is 0 Å². The average molecular weight is 424 g/mol. The van der Waals surface area contributed by atoms with Crippen LogP contribution < -0.4 is 5.43 Å². The lowest BCUT2D eigenvalue weighted by molar-refractivity contribution is 0.0954. The molecule has 2 aromatic carbocycles. The number of halogens is 2. The van der Waals surface area contributed by atoms with Crippen LogP contribution in [0.5, 0.6) is 0 Å². The fraction of sp³-hybridized carbons (Fsp3) is 0.176. The van der Waals surface area contributed by atoms with Gasteiger partial charge < -0.3 is 0 Å². The quantitative estimate of drug-likeness (QED) is 0.524. The second-order valence-corrected chi connectivity index (χ2v) is 6.51. The van der Waals surface area contributed by atoms with Gasteiger partial charge in [0.15, 0.2) is 0 Å². The van der Waals surface area contributed by atoms with Crippen LogP contribution in [0, 0.1) is 0 Å². The van der Waals surface area contributed by atoms with E-state index < -0.39 is 0 Å². The molecule has 2 aromatic rings. The number of hydrogen-bond donors (Lipinski definition) is 1. The van der Waals surface area contributed by atoms with Crippen molar-refractivity contribution in [1.82, 2.24) is 5.43 Å². The lowest BCUT2D eigenvalue weighted by Gasteiger charge is -2.07. The maximum absolute atomic E-state index is 12.2. The Morgan fingerprint density at radius 3 is 2.41 bits per heavy atom. The van der Waals surface area contributed by atoms with Crippen LogP contribution in [-0.4, -0.2) is 11.6 Å². The highest BCUT2D eigenvalue weighted by Crippen LogP contribution is 2.16. The number of benzene rings is 2.